The summed E-state index contributed by atoms with van der Waals surface area (Å²) in [5.41, 5.74) is 1.66. The molecule has 2 heterocycles. The molecule has 1 aromatic heterocycles. The third-order valence-corrected chi connectivity index (χ3v) is 8.59. The quantitative estimate of drug-likeness (QED) is 0.467. The minimum absolute atomic E-state index is 0.176. The Morgan fingerprint density at radius 3 is 2.52 bits per heavy atom. The van der Waals surface area contributed by atoms with Crippen LogP contribution in [0.1, 0.15) is 27.7 Å². The maximum atomic E-state index is 11.9. The number of nitrogens with zero attached hydrogens (tertiary/aromatic N) is 3. The number of ether oxygens (including phenoxy) is 1. The summed E-state index contributed by atoms with van der Waals surface area (Å²) in [4.78, 5) is 15.8. The molecule has 1 N–H and O–H groups in total. The van der Waals surface area contributed by atoms with Gasteiger partial charge in [-0.05, 0) is 42.6 Å². The van der Waals surface area contributed by atoms with E-state index in [9.17, 15) is 9.90 Å². The number of fused-ring (bicyclic) bond motifs is 1. The van der Waals surface area contributed by atoms with E-state index in [0.29, 0.717) is 26.4 Å². The van der Waals surface area contributed by atoms with Gasteiger partial charge in [-0.1, -0.05) is 40.4 Å². The third kappa shape index (κ3) is 5.09. The second-order valence-corrected chi connectivity index (χ2v) is 16.9. The zero-order chi connectivity index (χ0) is 23.0. The van der Waals surface area contributed by atoms with Gasteiger partial charge in [-0.2, -0.15) is 0 Å². The van der Waals surface area contributed by atoms with Gasteiger partial charge in [0, 0.05) is 51.6 Å². The highest BCUT2D eigenvalue weighted by atomic mass is 28.3. The van der Waals surface area contributed by atoms with E-state index in [-0.39, 0.29) is 5.41 Å². The van der Waals surface area contributed by atoms with Crippen LogP contribution in [0.25, 0.3) is 10.9 Å². The molecule has 31 heavy (non-hydrogen) atoms. The second-order valence-electron chi connectivity index (χ2n) is 11.3. The molecule has 1 unspecified atom stereocenters. The topological polar surface area (TPSA) is 57.9 Å². The SMILES string of the molecule is CC(C)(C)C1(C)CN(c2ccc3c(ccn3COCC[Si](C)(C)C)c2)CCN1C(=O)O. The van der Waals surface area contributed by atoms with Crippen LogP contribution in [0, 0.1) is 5.41 Å². The summed E-state index contributed by atoms with van der Waals surface area (Å²) in [5, 5.41) is 11.0. The summed E-state index contributed by atoms with van der Waals surface area (Å²) in [6.45, 7) is 18.8. The van der Waals surface area contributed by atoms with Crippen LogP contribution in [0.3, 0.4) is 0 Å². The molecule has 1 saturated heterocycles. The van der Waals surface area contributed by atoms with E-state index < -0.39 is 19.7 Å². The predicted octanol–water partition coefficient (Wildman–Crippen LogP) is 5.56. The molecule has 7 heteroatoms. The number of anilines is 1. The number of piperazine rings is 1. The molecule has 6 nitrogen and oxygen atoms in total. The second kappa shape index (κ2) is 8.51. The Bertz CT molecular complexity index is 928. The summed E-state index contributed by atoms with van der Waals surface area (Å²) in [7, 11) is -1.08. The molecular weight excluding hydrogens is 406 g/mol. The fourth-order valence-corrected chi connectivity index (χ4v) is 4.97. The lowest BCUT2D eigenvalue weighted by atomic mass is 9.72. The lowest BCUT2D eigenvalue weighted by Crippen LogP contribution is -2.67. The van der Waals surface area contributed by atoms with Crippen LogP contribution in [0.2, 0.25) is 25.7 Å². The van der Waals surface area contributed by atoms with Crippen LogP contribution in [0.15, 0.2) is 30.5 Å². The number of rotatable bonds is 6. The van der Waals surface area contributed by atoms with Gasteiger partial charge in [0.05, 0.1) is 11.1 Å². The maximum Gasteiger partial charge on any atom is 0.407 e. The molecule has 1 fully saturated rings. The van der Waals surface area contributed by atoms with Crippen molar-refractivity contribution in [3.05, 3.63) is 30.5 Å². The van der Waals surface area contributed by atoms with Gasteiger partial charge in [0.2, 0.25) is 0 Å². The Hall–Kier alpha value is -1.99. The van der Waals surface area contributed by atoms with Crippen molar-refractivity contribution in [1.82, 2.24) is 9.47 Å². The number of benzene rings is 1. The molecule has 0 saturated carbocycles. The first-order valence-electron chi connectivity index (χ1n) is 11.2. The van der Waals surface area contributed by atoms with Crippen molar-refractivity contribution in [2.75, 3.05) is 31.1 Å². The van der Waals surface area contributed by atoms with Gasteiger partial charge >= 0.3 is 6.09 Å². The highest BCUT2D eigenvalue weighted by molar-refractivity contribution is 6.76. The Balaban J connectivity index is 1.76. The monoisotopic (exact) mass is 445 g/mol. The number of carboxylic acid groups (broad SMARTS) is 1. The number of hydrogen-bond acceptors (Lipinski definition) is 3. The molecule has 2 aromatic rings. The molecule has 1 amide bonds. The molecule has 0 spiro atoms. The molecule has 1 aliphatic rings. The first kappa shape index (κ1) is 23.7. The summed E-state index contributed by atoms with van der Waals surface area (Å²) in [6.07, 6.45) is 1.25. The van der Waals surface area contributed by atoms with Gasteiger partial charge in [-0.3, -0.25) is 4.90 Å². The summed E-state index contributed by atoms with van der Waals surface area (Å²) >= 11 is 0. The molecule has 1 atom stereocenters. The van der Waals surface area contributed by atoms with E-state index in [4.69, 9.17) is 4.74 Å². The smallest absolute Gasteiger partial charge is 0.407 e. The average Bonchev–Trinajstić information content (AvgIpc) is 3.05. The maximum absolute atomic E-state index is 11.9. The van der Waals surface area contributed by atoms with E-state index in [1.54, 1.807) is 4.90 Å². The minimum Gasteiger partial charge on any atom is -0.465 e. The Labute approximate surface area is 187 Å². The van der Waals surface area contributed by atoms with Crippen LogP contribution in [0.4, 0.5) is 10.5 Å². The zero-order valence-corrected chi connectivity index (χ0v) is 21.2. The first-order valence-corrected chi connectivity index (χ1v) is 14.9. The highest BCUT2D eigenvalue weighted by Gasteiger charge is 2.48. The van der Waals surface area contributed by atoms with E-state index in [1.807, 2.05) is 0 Å². The molecule has 0 aliphatic carbocycles. The van der Waals surface area contributed by atoms with Gasteiger partial charge in [-0.25, -0.2) is 4.79 Å². The molecule has 0 bridgehead atoms. The Morgan fingerprint density at radius 2 is 1.90 bits per heavy atom. The van der Waals surface area contributed by atoms with E-state index in [2.05, 4.69) is 87.3 Å². The predicted molar refractivity (Wildman–Crippen MR) is 131 cm³/mol. The standard InChI is InChI=1S/C24H39N3O3Si/c1-23(2,3)24(4)17-25(12-13-27(24)22(28)29)20-8-9-21-19(16-20)10-11-26(21)18-30-14-15-31(5,6)7/h8-11,16H,12-15,17-18H2,1-7H3,(H,28,29). The van der Waals surface area contributed by atoms with Gasteiger partial charge in [0.15, 0.2) is 0 Å². The minimum atomic E-state index is -1.08. The van der Waals surface area contributed by atoms with Crippen molar-refractivity contribution in [3.63, 3.8) is 0 Å². The van der Waals surface area contributed by atoms with Gasteiger partial charge in [-0.15, -0.1) is 0 Å². The normalized spacial score (nSPS) is 20.5. The van der Waals surface area contributed by atoms with Gasteiger partial charge in [0.25, 0.3) is 0 Å². The van der Waals surface area contributed by atoms with Crippen LogP contribution < -0.4 is 4.90 Å². The van der Waals surface area contributed by atoms with Gasteiger partial charge in [0.1, 0.15) is 6.73 Å². The van der Waals surface area contributed by atoms with E-state index in [0.717, 1.165) is 12.3 Å². The van der Waals surface area contributed by atoms with Crippen LogP contribution >= 0.6 is 0 Å². The van der Waals surface area contributed by atoms with Crippen molar-refractivity contribution in [2.45, 2.75) is 65.6 Å². The Kier molecular flexibility index (Phi) is 6.49. The molecule has 1 aromatic carbocycles. The van der Waals surface area contributed by atoms with Crippen molar-refractivity contribution in [1.29, 1.82) is 0 Å². The molecule has 3 rings (SSSR count). The lowest BCUT2D eigenvalue weighted by Gasteiger charge is -2.54. The average molecular weight is 446 g/mol. The van der Waals surface area contributed by atoms with Gasteiger partial charge < -0.3 is 19.3 Å². The highest BCUT2D eigenvalue weighted by Crippen LogP contribution is 2.40. The molecule has 0 radical (unpaired) electrons. The fraction of sp³-hybridized carbons (Fsp3) is 0.625. The summed E-state index contributed by atoms with van der Waals surface area (Å²) < 4.78 is 8.09. The van der Waals surface area contributed by atoms with Crippen LogP contribution in [-0.2, 0) is 11.5 Å². The van der Waals surface area contributed by atoms with Crippen molar-refractivity contribution < 1.29 is 14.6 Å². The number of amides is 1. The zero-order valence-electron chi connectivity index (χ0n) is 20.2. The summed E-state index contributed by atoms with van der Waals surface area (Å²) in [5.74, 6) is 0. The van der Waals surface area contributed by atoms with E-state index >= 15 is 0 Å². The Morgan fingerprint density at radius 1 is 1.19 bits per heavy atom. The van der Waals surface area contributed by atoms with Crippen molar-refractivity contribution in [3.8, 4) is 0 Å². The number of aromatic nitrogens is 1. The molecule has 1 aliphatic heterocycles. The molecule has 172 valence electrons. The van der Waals surface area contributed by atoms with Crippen molar-refractivity contribution in [2.24, 2.45) is 5.41 Å². The molecular formula is C24H39N3O3Si. The largest absolute Gasteiger partial charge is 0.465 e. The van der Waals surface area contributed by atoms with Crippen molar-refractivity contribution >= 4 is 30.8 Å². The first-order chi connectivity index (χ1) is 14.3. The van der Waals surface area contributed by atoms with Crippen LogP contribution in [-0.4, -0.2) is 60.5 Å². The number of carbonyl (C=O) groups is 1. The van der Waals surface area contributed by atoms with Crippen LogP contribution in [0.5, 0.6) is 0 Å². The van der Waals surface area contributed by atoms with E-state index in [1.165, 1.54) is 16.9 Å². The summed E-state index contributed by atoms with van der Waals surface area (Å²) in [6, 6.07) is 9.83. The fourth-order valence-electron chi connectivity index (χ4n) is 4.21. The number of hydrogen-bond donors (Lipinski definition) is 1. The lowest BCUT2D eigenvalue weighted by molar-refractivity contribution is 0.00747. The third-order valence-electron chi connectivity index (χ3n) is 6.88.